The van der Waals surface area contributed by atoms with Crippen molar-refractivity contribution in [1.82, 2.24) is 4.98 Å². The van der Waals surface area contributed by atoms with Gasteiger partial charge in [0.1, 0.15) is 0 Å². The highest BCUT2D eigenvalue weighted by Crippen LogP contribution is 2.14. The molecule has 0 spiro atoms. The van der Waals surface area contributed by atoms with Crippen molar-refractivity contribution < 1.29 is 14.6 Å². The number of hydrogen-bond acceptors (Lipinski definition) is 4. The Morgan fingerprint density at radius 2 is 2.15 bits per heavy atom. The number of carboxylic acid groups (broad SMARTS) is 1. The Morgan fingerprint density at radius 3 is 2.90 bits per heavy atom. The summed E-state index contributed by atoms with van der Waals surface area (Å²) in [5, 5.41) is 12.3. The van der Waals surface area contributed by atoms with E-state index in [-0.39, 0.29) is 0 Å². The third kappa shape index (κ3) is 3.47. The number of ether oxygens (including phenoxy) is 1. The van der Waals surface area contributed by atoms with Gasteiger partial charge in [-0.1, -0.05) is 18.2 Å². The Hall–Kier alpha value is -2.56. The largest absolute Gasteiger partial charge is 0.481 e. The summed E-state index contributed by atoms with van der Waals surface area (Å²) in [6, 6.07) is 10.7. The minimum Gasteiger partial charge on any atom is -0.481 e. The third-order valence-corrected chi connectivity index (χ3v) is 2.92. The topological polar surface area (TPSA) is 71.5 Å². The Labute approximate surface area is 117 Å². The highest BCUT2D eigenvalue weighted by atomic mass is 16.5. The Balaban J connectivity index is 1.97. The molecule has 2 aromatic rings. The Bertz CT molecular complexity index is 599. The average molecular weight is 272 g/mol. The molecule has 5 nitrogen and oxygen atoms in total. The molecule has 0 saturated carbocycles. The SMILES string of the molecule is COc1cc(NCCc2ccccc2C(=O)O)ccn1. The summed E-state index contributed by atoms with van der Waals surface area (Å²) >= 11 is 0. The summed E-state index contributed by atoms with van der Waals surface area (Å²) in [5.74, 6) is -0.355. The predicted molar refractivity (Wildman–Crippen MR) is 76.4 cm³/mol. The van der Waals surface area contributed by atoms with Crippen LogP contribution in [0.3, 0.4) is 0 Å². The normalized spacial score (nSPS) is 10.1. The number of hydrogen-bond donors (Lipinski definition) is 2. The number of nitrogens with one attached hydrogen (secondary N) is 1. The molecule has 1 aromatic heterocycles. The first-order valence-electron chi connectivity index (χ1n) is 6.26. The first-order valence-corrected chi connectivity index (χ1v) is 6.26. The molecule has 0 aliphatic heterocycles. The van der Waals surface area contributed by atoms with Gasteiger partial charge in [-0.05, 0) is 24.1 Å². The number of anilines is 1. The summed E-state index contributed by atoms with van der Waals surface area (Å²) in [4.78, 5) is 15.1. The molecule has 0 amide bonds. The van der Waals surface area contributed by atoms with Crippen molar-refractivity contribution in [2.75, 3.05) is 19.0 Å². The van der Waals surface area contributed by atoms with Gasteiger partial charge >= 0.3 is 5.97 Å². The van der Waals surface area contributed by atoms with E-state index in [1.54, 1.807) is 31.5 Å². The van der Waals surface area contributed by atoms with Crippen molar-refractivity contribution in [3.8, 4) is 5.88 Å². The molecule has 0 radical (unpaired) electrons. The van der Waals surface area contributed by atoms with E-state index < -0.39 is 5.97 Å². The van der Waals surface area contributed by atoms with Gasteiger partial charge in [0.15, 0.2) is 0 Å². The molecule has 2 N–H and O–H groups in total. The number of benzene rings is 1. The molecule has 0 unspecified atom stereocenters. The summed E-state index contributed by atoms with van der Waals surface area (Å²) in [5.41, 5.74) is 2.06. The van der Waals surface area contributed by atoms with Crippen molar-refractivity contribution in [2.24, 2.45) is 0 Å². The van der Waals surface area contributed by atoms with E-state index in [9.17, 15) is 4.79 Å². The monoisotopic (exact) mass is 272 g/mol. The van der Waals surface area contributed by atoms with E-state index in [4.69, 9.17) is 9.84 Å². The van der Waals surface area contributed by atoms with Gasteiger partial charge in [0.2, 0.25) is 5.88 Å². The molecule has 1 heterocycles. The molecule has 0 aliphatic rings. The van der Waals surface area contributed by atoms with Crippen molar-refractivity contribution in [3.63, 3.8) is 0 Å². The summed E-state index contributed by atoms with van der Waals surface area (Å²) in [7, 11) is 1.56. The maximum absolute atomic E-state index is 11.1. The summed E-state index contributed by atoms with van der Waals surface area (Å²) in [6.45, 7) is 0.636. The second kappa shape index (κ2) is 6.56. The van der Waals surface area contributed by atoms with Gasteiger partial charge in [0.05, 0.1) is 12.7 Å². The zero-order valence-electron chi connectivity index (χ0n) is 11.2. The Morgan fingerprint density at radius 1 is 1.35 bits per heavy atom. The van der Waals surface area contributed by atoms with Crippen LogP contribution in [-0.4, -0.2) is 29.7 Å². The zero-order valence-corrected chi connectivity index (χ0v) is 11.2. The predicted octanol–water partition coefficient (Wildman–Crippen LogP) is 2.44. The molecule has 20 heavy (non-hydrogen) atoms. The number of pyridine rings is 1. The van der Waals surface area contributed by atoms with Crippen LogP contribution in [0.2, 0.25) is 0 Å². The molecule has 0 saturated heterocycles. The highest BCUT2D eigenvalue weighted by Gasteiger charge is 2.08. The second-order valence-electron chi connectivity index (χ2n) is 4.23. The van der Waals surface area contributed by atoms with E-state index in [0.29, 0.717) is 24.4 Å². The molecule has 2 rings (SSSR count). The van der Waals surface area contributed by atoms with Crippen LogP contribution in [-0.2, 0) is 6.42 Å². The lowest BCUT2D eigenvalue weighted by atomic mass is 10.0. The van der Waals surface area contributed by atoms with Gasteiger partial charge in [-0.25, -0.2) is 9.78 Å². The number of aromatic nitrogens is 1. The van der Waals surface area contributed by atoms with Crippen molar-refractivity contribution in [3.05, 3.63) is 53.7 Å². The molecule has 1 aromatic carbocycles. The molecule has 0 atom stereocenters. The molecule has 0 aliphatic carbocycles. The van der Waals surface area contributed by atoms with Gasteiger partial charge in [0, 0.05) is 24.5 Å². The first-order chi connectivity index (χ1) is 9.70. The summed E-state index contributed by atoms with van der Waals surface area (Å²) < 4.78 is 5.04. The number of aromatic carboxylic acids is 1. The van der Waals surface area contributed by atoms with Crippen LogP contribution in [0.1, 0.15) is 15.9 Å². The lowest BCUT2D eigenvalue weighted by Crippen LogP contribution is -2.09. The van der Waals surface area contributed by atoms with E-state index in [0.717, 1.165) is 11.3 Å². The average Bonchev–Trinajstić information content (AvgIpc) is 2.48. The minimum absolute atomic E-state index is 0.349. The van der Waals surface area contributed by atoms with E-state index in [2.05, 4.69) is 10.3 Å². The van der Waals surface area contributed by atoms with Crippen molar-refractivity contribution in [2.45, 2.75) is 6.42 Å². The molecular formula is C15H16N2O3. The molecule has 0 bridgehead atoms. The van der Waals surface area contributed by atoms with Crippen LogP contribution in [0.5, 0.6) is 5.88 Å². The van der Waals surface area contributed by atoms with E-state index >= 15 is 0 Å². The molecule has 0 fully saturated rings. The molecule has 104 valence electrons. The first kappa shape index (κ1) is 13.9. The third-order valence-electron chi connectivity index (χ3n) is 2.92. The quantitative estimate of drug-likeness (QED) is 0.845. The van der Waals surface area contributed by atoms with Gasteiger partial charge in [-0.3, -0.25) is 0 Å². The van der Waals surface area contributed by atoms with Crippen LogP contribution < -0.4 is 10.1 Å². The number of carboxylic acids is 1. The van der Waals surface area contributed by atoms with Crippen LogP contribution in [0.15, 0.2) is 42.6 Å². The lowest BCUT2D eigenvalue weighted by molar-refractivity contribution is 0.0695. The van der Waals surface area contributed by atoms with Crippen LogP contribution in [0.25, 0.3) is 0 Å². The lowest BCUT2D eigenvalue weighted by Gasteiger charge is -2.09. The second-order valence-corrected chi connectivity index (χ2v) is 4.23. The maximum atomic E-state index is 11.1. The van der Waals surface area contributed by atoms with Crippen molar-refractivity contribution in [1.29, 1.82) is 0 Å². The minimum atomic E-state index is -0.897. The van der Waals surface area contributed by atoms with Gasteiger partial charge < -0.3 is 15.2 Å². The number of rotatable bonds is 6. The smallest absolute Gasteiger partial charge is 0.335 e. The fourth-order valence-corrected chi connectivity index (χ4v) is 1.92. The van der Waals surface area contributed by atoms with Crippen LogP contribution in [0.4, 0.5) is 5.69 Å². The fraction of sp³-hybridized carbons (Fsp3) is 0.200. The number of methoxy groups -OCH3 is 1. The standard InChI is InChI=1S/C15H16N2O3/c1-20-14-10-12(7-9-17-14)16-8-6-11-4-2-3-5-13(11)15(18)19/h2-5,7,9-10H,6,8H2,1H3,(H,16,17)(H,18,19). The molecular weight excluding hydrogens is 256 g/mol. The van der Waals surface area contributed by atoms with Crippen LogP contribution >= 0.6 is 0 Å². The van der Waals surface area contributed by atoms with E-state index in [1.807, 2.05) is 18.2 Å². The van der Waals surface area contributed by atoms with Gasteiger partial charge in [-0.2, -0.15) is 0 Å². The van der Waals surface area contributed by atoms with Crippen LogP contribution in [0, 0.1) is 0 Å². The zero-order chi connectivity index (χ0) is 14.4. The van der Waals surface area contributed by atoms with Gasteiger partial charge in [0.25, 0.3) is 0 Å². The van der Waals surface area contributed by atoms with Crippen molar-refractivity contribution >= 4 is 11.7 Å². The molecule has 5 heteroatoms. The maximum Gasteiger partial charge on any atom is 0.335 e. The Kier molecular flexibility index (Phi) is 4.55. The van der Waals surface area contributed by atoms with E-state index in [1.165, 1.54) is 0 Å². The summed E-state index contributed by atoms with van der Waals surface area (Å²) in [6.07, 6.45) is 2.29. The number of nitrogens with zero attached hydrogens (tertiary/aromatic N) is 1. The number of carbonyl (C=O) groups is 1. The highest BCUT2D eigenvalue weighted by molar-refractivity contribution is 5.89. The van der Waals surface area contributed by atoms with Gasteiger partial charge in [-0.15, -0.1) is 0 Å². The fourth-order valence-electron chi connectivity index (χ4n) is 1.92.